The first-order valence-electron chi connectivity index (χ1n) is 9.24. The average Bonchev–Trinajstić information content (AvgIpc) is 2.50. The molecule has 4 N–H and O–H groups in total. The summed E-state index contributed by atoms with van der Waals surface area (Å²) in [5.74, 6) is 0. The van der Waals surface area contributed by atoms with Crippen LogP contribution in [0.25, 0.3) is 0 Å². The molecule has 4 heteroatoms. The molecule has 0 fully saturated rings. The summed E-state index contributed by atoms with van der Waals surface area (Å²) >= 11 is 0. The zero-order valence-corrected chi connectivity index (χ0v) is 14.6. The van der Waals surface area contributed by atoms with Crippen molar-refractivity contribution in [3.05, 3.63) is 0 Å². The van der Waals surface area contributed by atoms with Gasteiger partial charge in [0.25, 0.3) is 0 Å². The van der Waals surface area contributed by atoms with Crippen molar-refractivity contribution < 1.29 is 0 Å². The second-order valence-corrected chi connectivity index (χ2v) is 5.72. The highest BCUT2D eigenvalue weighted by atomic mass is 14.9. The highest BCUT2D eigenvalue weighted by molar-refractivity contribution is 4.54. The molecule has 0 atom stereocenters. The van der Waals surface area contributed by atoms with Gasteiger partial charge in [-0.25, -0.2) is 0 Å². The van der Waals surface area contributed by atoms with Crippen molar-refractivity contribution in [2.24, 2.45) is 0 Å². The first-order valence-corrected chi connectivity index (χ1v) is 9.24. The van der Waals surface area contributed by atoms with Crippen molar-refractivity contribution >= 4 is 0 Å². The summed E-state index contributed by atoms with van der Waals surface area (Å²) < 4.78 is 0. The van der Waals surface area contributed by atoms with Crippen LogP contribution in [0, 0.1) is 0 Å². The van der Waals surface area contributed by atoms with E-state index >= 15 is 0 Å². The number of unbranched alkanes of at least 4 members (excludes halogenated alkanes) is 3. The van der Waals surface area contributed by atoms with Crippen LogP contribution in [-0.4, -0.2) is 52.4 Å². The number of hydrogen-bond donors (Lipinski definition) is 4. The third-order valence-corrected chi connectivity index (χ3v) is 3.55. The SMILES string of the molecule is CCCNCCCCNCCCCNCCCCNCC. The molecular weight excluding hydrogens is 260 g/mol. The molecule has 0 aliphatic heterocycles. The predicted molar refractivity (Wildman–Crippen MR) is 95.1 cm³/mol. The number of rotatable bonds is 18. The van der Waals surface area contributed by atoms with Gasteiger partial charge in [-0.05, 0) is 97.3 Å². The van der Waals surface area contributed by atoms with Crippen molar-refractivity contribution in [1.82, 2.24) is 21.3 Å². The Labute approximate surface area is 133 Å². The standard InChI is InChI=1S/C17H40N4/c1-3-11-19-13-7-8-15-21-17-10-9-16-20-14-6-5-12-18-4-2/h18-21H,3-17H2,1-2H3. The Morgan fingerprint density at radius 2 is 0.762 bits per heavy atom. The highest BCUT2D eigenvalue weighted by Crippen LogP contribution is 1.89. The normalized spacial score (nSPS) is 11.1. The van der Waals surface area contributed by atoms with Crippen LogP contribution in [-0.2, 0) is 0 Å². The maximum atomic E-state index is 3.54. The molecule has 4 nitrogen and oxygen atoms in total. The fraction of sp³-hybridized carbons (Fsp3) is 1.00. The minimum absolute atomic E-state index is 1.09. The summed E-state index contributed by atoms with van der Waals surface area (Å²) in [5, 5.41) is 13.9. The molecule has 0 saturated carbocycles. The van der Waals surface area contributed by atoms with E-state index in [0.717, 1.165) is 19.6 Å². The Bertz CT molecular complexity index is 158. The zero-order valence-electron chi connectivity index (χ0n) is 14.6. The van der Waals surface area contributed by atoms with E-state index in [1.54, 1.807) is 0 Å². The van der Waals surface area contributed by atoms with Crippen molar-refractivity contribution in [2.75, 3.05) is 52.4 Å². The minimum atomic E-state index is 1.09. The fourth-order valence-electron chi connectivity index (χ4n) is 2.23. The fourth-order valence-corrected chi connectivity index (χ4v) is 2.23. The van der Waals surface area contributed by atoms with Gasteiger partial charge in [0.05, 0.1) is 0 Å². The van der Waals surface area contributed by atoms with Crippen LogP contribution in [0.2, 0.25) is 0 Å². The summed E-state index contributed by atoms with van der Waals surface area (Å²) in [4.78, 5) is 0. The van der Waals surface area contributed by atoms with Gasteiger partial charge in [0.2, 0.25) is 0 Å². The second kappa shape index (κ2) is 19.8. The smallest absolute Gasteiger partial charge is 0.00484 e. The second-order valence-electron chi connectivity index (χ2n) is 5.72. The van der Waals surface area contributed by atoms with Crippen molar-refractivity contribution in [1.29, 1.82) is 0 Å². The van der Waals surface area contributed by atoms with Crippen LogP contribution in [0.5, 0.6) is 0 Å². The molecule has 0 spiro atoms. The first kappa shape index (κ1) is 20.8. The van der Waals surface area contributed by atoms with E-state index in [1.807, 2.05) is 0 Å². The monoisotopic (exact) mass is 300 g/mol. The number of nitrogens with one attached hydrogen (secondary N) is 4. The maximum Gasteiger partial charge on any atom is -0.00484 e. The predicted octanol–water partition coefficient (Wildman–Crippen LogP) is 2.12. The van der Waals surface area contributed by atoms with E-state index in [1.165, 1.54) is 77.7 Å². The molecule has 128 valence electrons. The Hall–Kier alpha value is -0.160. The van der Waals surface area contributed by atoms with Crippen molar-refractivity contribution in [2.45, 2.75) is 58.8 Å². The minimum Gasteiger partial charge on any atom is -0.317 e. The largest absolute Gasteiger partial charge is 0.317 e. The summed E-state index contributed by atoms with van der Waals surface area (Å²) in [6, 6.07) is 0. The first-order chi connectivity index (χ1) is 10.4. The summed E-state index contributed by atoms with van der Waals surface area (Å²) in [7, 11) is 0. The molecule has 0 rings (SSSR count). The Morgan fingerprint density at radius 3 is 1.10 bits per heavy atom. The van der Waals surface area contributed by atoms with Gasteiger partial charge in [0.1, 0.15) is 0 Å². The molecule has 0 radical (unpaired) electrons. The van der Waals surface area contributed by atoms with Gasteiger partial charge >= 0.3 is 0 Å². The van der Waals surface area contributed by atoms with Gasteiger partial charge in [-0.2, -0.15) is 0 Å². The molecule has 0 unspecified atom stereocenters. The van der Waals surface area contributed by atoms with Gasteiger partial charge in [0.15, 0.2) is 0 Å². The van der Waals surface area contributed by atoms with Gasteiger partial charge < -0.3 is 21.3 Å². The molecule has 0 aliphatic carbocycles. The summed E-state index contributed by atoms with van der Waals surface area (Å²) in [5.41, 5.74) is 0. The lowest BCUT2D eigenvalue weighted by atomic mass is 10.2. The highest BCUT2D eigenvalue weighted by Gasteiger charge is 1.92. The lowest BCUT2D eigenvalue weighted by Gasteiger charge is -2.07. The van der Waals surface area contributed by atoms with Crippen LogP contribution >= 0.6 is 0 Å². The maximum absolute atomic E-state index is 3.54. The Balaban J connectivity index is 2.90. The van der Waals surface area contributed by atoms with Crippen LogP contribution in [0.1, 0.15) is 58.8 Å². The average molecular weight is 301 g/mol. The van der Waals surface area contributed by atoms with Gasteiger partial charge in [-0.1, -0.05) is 13.8 Å². The number of hydrogen-bond acceptors (Lipinski definition) is 4. The van der Waals surface area contributed by atoms with Crippen LogP contribution < -0.4 is 21.3 Å². The van der Waals surface area contributed by atoms with Gasteiger partial charge in [-0.3, -0.25) is 0 Å². The molecule has 21 heavy (non-hydrogen) atoms. The van der Waals surface area contributed by atoms with E-state index in [0.29, 0.717) is 0 Å². The van der Waals surface area contributed by atoms with E-state index < -0.39 is 0 Å². The van der Waals surface area contributed by atoms with Crippen molar-refractivity contribution in [3.8, 4) is 0 Å². The van der Waals surface area contributed by atoms with E-state index in [-0.39, 0.29) is 0 Å². The molecule has 0 heterocycles. The quantitative estimate of drug-likeness (QED) is 0.293. The van der Waals surface area contributed by atoms with Gasteiger partial charge in [0, 0.05) is 0 Å². The van der Waals surface area contributed by atoms with E-state index in [4.69, 9.17) is 0 Å². The van der Waals surface area contributed by atoms with Crippen LogP contribution in [0.4, 0.5) is 0 Å². The van der Waals surface area contributed by atoms with Crippen LogP contribution in [0.3, 0.4) is 0 Å². The molecule has 0 aromatic carbocycles. The topological polar surface area (TPSA) is 48.1 Å². The molecular formula is C17H40N4. The molecule has 0 amide bonds. The molecule has 0 aromatic rings. The van der Waals surface area contributed by atoms with Gasteiger partial charge in [-0.15, -0.1) is 0 Å². The molecule has 0 aliphatic rings. The Morgan fingerprint density at radius 1 is 0.429 bits per heavy atom. The Kier molecular flexibility index (Phi) is 19.7. The third kappa shape index (κ3) is 19.8. The third-order valence-electron chi connectivity index (χ3n) is 3.55. The van der Waals surface area contributed by atoms with Crippen molar-refractivity contribution in [3.63, 3.8) is 0 Å². The van der Waals surface area contributed by atoms with E-state index in [9.17, 15) is 0 Å². The lowest BCUT2D eigenvalue weighted by Crippen LogP contribution is -2.22. The summed E-state index contributed by atoms with van der Waals surface area (Å²) in [6.07, 6.45) is 8.98. The van der Waals surface area contributed by atoms with Crippen LogP contribution in [0.15, 0.2) is 0 Å². The molecule has 0 aromatic heterocycles. The molecule has 0 saturated heterocycles. The molecule has 0 bridgehead atoms. The zero-order chi connectivity index (χ0) is 15.4. The van der Waals surface area contributed by atoms with E-state index in [2.05, 4.69) is 35.1 Å². The lowest BCUT2D eigenvalue weighted by molar-refractivity contribution is 0.543. The summed E-state index contributed by atoms with van der Waals surface area (Å²) in [6.45, 7) is 13.7.